The molecule has 0 fully saturated rings. The van der Waals surface area contributed by atoms with Crippen LogP contribution in [0, 0.1) is 6.92 Å². The highest BCUT2D eigenvalue weighted by Crippen LogP contribution is 2.34. The van der Waals surface area contributed by atoms with Crippen LogP contribution in [0.15, 0.2) is 28.3 Å². The maximum absolute atomic E-state index is 12.8. The molecule has 10 heteroatoms. The molecule has 1 aliphatic heterocycles. The number of thioether (sulfide) groups is 1. The summed E-state index contributed by atoms with van der Waals surface area (Å²) in [4.78, 5) is 14.6. The number of amides is 1. The molecule has 0 aliphatic carbocycles. The van der Waals surface area contributed by atoms with Gasteiger partial charge in [-0.3, -0.25) is 4.79 Å². The summed E-state index contributed by atoms with van der Waals surface area (Å²) in [5.74, 6) is 1.00. The van der Waals surface area contributed by atoms with Crippen molar-refractivity contribution in [2.45, 2.75) is 49.8 Å². The molecule has 2 heterocycles. The summed E-state index contributed by atoms with van der Waals surface area (Å²) >= 11 is 1.35. The molecule has 0 bridgehead atoms. The predicted octanol–water partition coefficient (Wildman–Crippen LogP) is 1.32. The molecule has 8 nitrogen and oxygen atoms in total. The van der Waals surface area contributed by atoms with Crippen LogP contribution in [0.4, 0.5) is 5.69 Å². The molecule has 1 aromatic heterocycles. The monoisotopic (exact) mass is 395 g/mol. The number of carbonyl (C=O) groups excluding carboxylic acids is 1. The van der Waals surface area contributed by atoms with E-state index in [1.54, 1.807) is 17.0 Å². The Morgan fingerprint density at radius 2 is 2.12 bits per heavy atom. The second kappa shape index (κ2) is 7.01. The van der Waals surface area contributed by atoms with Crippen molar-refractivity contribution in [2.75, 3.05) is 10.7 Å². The highest BCUT2D eigenvalue weighted by atomic mass is 32.2. The van der Waals surface area contributed by atoms with Crippen LogP contribution in [0.5, 0.6) is 0 Å². The number of benzene rings is 1. The summed E-state index contributed by atoms with van der Waals surface area (Å²) < 4.78 is 25.0. The number of nitrogens with two attached hydrogens (primary N) is 1. The number of rotatable bonds is 5. The quantitative estimate of drug-likeness (QED) is 0.765. The largest absolute Gasteiger partial charge is 0.308 e. The van der Waals surface area contributed by atoms with Crippen molar-refractivity contribution in [3.05, 3.63) is 29.6 Å². The number of primary sulfonamides is 1. The van der Waals surface area contributed by atoms with E-state index in [1.165, 1.54) is 17.8 Å². The minimum absolute atomic E-state index is 0.0420. The van der Waals surface area contributed by atoms with Gasteiger partial charge in [-0.15, -0.1) is 10.2 Å². The molecule has 3 rings (SSSR count). The second-order valence-electron chi connectivity index (χ2n) is 6.22. The maximum Gasteiger partial charge on any atom is 0.238 e. The van der Waals surface area contributed by atoms with E-state index in [9.17, 15) is 13.2 Å². The van der Waals surface area contributed by atoms with Gasteiger partial charge >= 0.3 is 0 Å². The van der Waals surface area contributed by atoms with Crippen LogP contribution in [0.3, 0.4) is 0 Å². The van der Waals surface area contributed by atoms with Gasteiger partial charge in [0.05, 0.1) is 10.6 Å². The Morgan fingerprint density at radius 3 is 2.77 bits per heavy atom. The molecule has 0 radical (unpaired) electrons. The maximum atomic E-state index is 12.8. The van der Waals surface area contributed by atoms with E-state index in [-0.39, 0.29) is 22.6 Å². The van der Waals surface area contributed by atoms with E-state index in [0.29, 0.717) is 6.42 Å². The average Bonchev–Trinajstić information content (AvgIpc) is 3.09. The predicted molar refractivity (Wildman–Crippen MR) is 99.6 cm³/mol. The molecule has 0 saturated carbocycles. The average molecular weight is 396 g/mol. The van der Waals surface area contributed by atoms with Crippen molar-refractivity contribution in [2.24, 2.45) is 5.14 Å². The molecule has 1 atom stereocenters. The summed E-state index contributed by atoms with van der Waals surface area (Å²) in [5.41, 5.74) is 1.55. The van der Waals surface area contributed by atoms with Crippen LogP contribution in [0.1, 0.15) is 25.2 Å². The van der Waals surface area contributed by atoms with E-state index >= 15 is 0 Å². The third-order valence-electron chi connectivity index (χ3n) is 4.41. The summed E-state index contributed by atoms with van der Waals surface area (Å²) in [6.07, 6.45) is 0.597. The summed E-state index contributed by atoms with van der Waals surface area (Å²) in [5, 5.41) is 14.1. The number of sulfonamides is 1. The molecular formula is C16H21N5O3S2. The number of anilines is 1. The van der Waals surface area contributed by atoms with Crippen molar-refractivity contribution in [1.29, 1.82) is 0 Å². The van der Waals surface area contributed by atoms with E-state index in [1.807, 2.05) is 25.3 Å². The molecule has 1 aliphatic rings. The highest BCUT2D eigenvalue weighted by molar-refractivity contribution is 7.99. The number of carbonyl (C=O) groups is 1. The van der Waals surface area contributed by atoms with Gasteiger partial charge in [0.25, 0.3) is 0 Å². The Hall–Kier alpha value is -1.91. The number of nitrogens with zero attached hydrogens (tertiary/aromatic N) is 4. The summed E-state index contributed by atoms with van der Waals surface area (Å²) in [7, 11) is -3.76. The zero-order valence-corrected chi connectivity index (χ0v) is 16.5. The third kappa shape index (κ3) is 3.49. The third-order valence-corrected chi connectivity index (χ3v) is 6.27. The first-order valence-corrected chi connectivity index (χ1v) is 10.8. The molecule has 1 amide bonds. The van der Waals surface area contributed by atoms with E-state index in [0.717, 1.165) is 28.8 Å². The molecule has 1 unspecified atom stereocenters. The van der Waals surface area contributed by atoms with Gasteiger partial charge < -0.3 is 9.47 Å². The van der Waals surface area contributed by atoms with Crippen molar-refractivity contribution in [3.8, 4) is 0 Å². The van der Waals surface area contributed by atoms with Crippen molar-refractivity contribution in [3.63, 3.8) is 0 Å². The molecule has 2 N–H and O–H groups in total. The van der Waals surface area contributed by atoms with Crippen molar-refractivity contribution < 1.29 is 13.2 Å². The number of aryl methyl sites for hydroxylation is 1. The SMILES string of the molecule is CCn1c(C)nnc1SCC(=O)N1c2ccc(S(N)(=O)=O)cc2CC1C. The first-order valence-electron chi connectivity index (χ1n) is 8.22. The minimum atomic E-state index is -3.76. The van der Waals surface area contributed by atoms with Gasteiger partial charge in [-0.25, -0.2) is 13.6 Å². The zero-order chi connectivity index (χ0) is 19.1. The summed E-state index contributed by atoms with van der Waals surface area (Å²) in [6, 6.07) is 4.61. The molecule has 2 aromatic rings. The normalized spacial score (nSPS) is 16.8. The molecule has 0 spiro atoms. The first kappa shape index (κ1) is 18.9. The zero-order valence-electron chi connectivity index (χ0n) is 14.8. The molecule has 140 valence electrons. The Kier molecular flexibility index (Phi) is 5.09. The lowest BCUT2D eigenvalue weighted by Crippen LogP contribution is -2.37. The van der Waals surface area contributed by atoms with Crippen LogP contribution in [-0.4, -0.2) is 40.9 Å². The Bertz CT molecular complexity index is 955. The van der Waals surface area contributed by atoms with Gasteiger partial charge in [-0.2, -0.15) is 0 Å². The number of hydrogen-bond donors (Lipinski definition) is 1. The van der Waals surface area contributed by atoms with E-state index < -0.39 is 10.0 Å². The van der Waals surface area contributed by atoms with Gasteiger partial charge in [-0.1, -0.05) is 11.8 Å². The Labute approximate surface area is 156 Å². The van der Waals surface area contributed by atoms with Gasteiger partial charge in [-0.05, 0) is 51.0 Å². The minimum Gasteiger partial charge on any atom is -0.308 e. The van der Waals surface area contributed by atoms with Crippen molar-refractivity contribution >= 4 is 33.4 Å². The number of hydrogen-bond acceptors (Lipinski definition) is 6. The fourth-order valence-corrected chi connectivity index (χ4v) is 4.66. The molecule has 26 heavy (non-hydrogen) atoms. The number of fused-ring (bicyclic) bond motifs is 1. The van der Waals surface area contributed by atoms with Crippen molar-refractivity contribution in [1.82, 2.24) is 14.8 Å². The highest BCUT2D eigenvalue weighted by Gasteiger charge is 2.31. The second-order valence-corrected chi connectivity index (χ2v) is 8.72. The standard InChI is InChI=1S/C16H21N5O3S2/c1-4-20-11(3)18-19-16(20)25-9-15(22)21-10(2)7-12-8-13(26(17,23)24)5-6-14(12)21/h5-6,8,10H,4,7,9H2,1-3H3,(H2,17,23,24). The lowest BCUT2D eigenvalue weighted by atomic mass is 10.1. The fourth-order valence-electron chi connectivity index (χ4n) is 3.19. The first-order chi connectivity index (χ1) is 12.2. The van der Waals surface area contributed by atoms with Gasteiger partial charge in [0, 0.05) is 18.3 Å². The molecular weight excluding hydrogens is 374 g/mol. The lowest BCUT2D eigenvalue weighted by molar-refractivity contribution is -0.116. The Morgan fingerprint density at radius 1 is 1.38 bits per heavy atom. The van der Waals surface area contributed by atoms with Crippen LogP contribution in [0.2, 0.25) is 0 Å². The fraction of sp³-hybridized carbons (Fsp3) is 0.438. The van der Waals surface area contributed by atoms with Gasteiger partial charge in [0.2, 0.25) is 15.9 Å². The van der Waals surface area contributed by atoms with Gasteiger partial charge in [0.1, 0.15) is 5.82 Å². The molecule has 1 aromatic carbocycles. The van der Waals surface area contributed by atoms with Crippen LogP contribution >= 0.6 is 11.8 Å². The molecule has 0 saturated heterocycles. The van der Waals surface area contributed by atoms with E-state index in [2.05, 4.69) is 10.2 Å². The number of aromatic nitrogens is 3. The topological polar surface area (TPSA) is 111 Å². The van der Waals surface area contributed by atoms with Crippen LogP contribution in [0.25, 0.3) is 0 Å². The lowest BCUT2D eigenvalue weighted by Gasteiger charge is -2.22. The smallest absolute Gasteiger partial charge is 0.238 e. The van der Waals surface area contributed by atoms with E-state index in [4.69, 9.17) is 5.14 Å². The van der Waals surface area contributed by atoms with Crippen LogP contribution < -0.4 is 10.0 Å². The summed E-state index contributed by atoms with van der Waals surface area (Å²) in [6.45, 7) is 6.57. The van der Waals surface area contributed by atoms with Crippen LogP contribution in [-0.2, 0) is 27.8 Å². The van der Waals surface area contributed by atoms with Gasteiger partial charge in [0.15, 0.2) is 5.16 Å². The Balaban J connectivity index is 1.79.